The van der Waals surface area contributed by atoms with E-state index in [2.05, 4.69) is 5.32 Å². The summed E-state index contributed by atoms with van der Waals surface area (Å²) in [4.78, 5) is 11.3. The Morgan fingerprint density at radius 2 is 1.58 bits per heavy atom. The van der Waals surface area contributed by atoms with Crippen molar-refractivity contribution in [2.75, 3.05) is 0 Å². The lowest BCUT2D eigenvalue weighted by Crippen LogP contribution is -2.24. The van der Waals surface area contributed by atoms with Crippen LogP contribution in [0.1, 0.15) is 24.1 Å². The van der Waals surface area contributed by atoms with E-state index in [9.17, 15) is 4.79 Å². The van der Waals surface area contributed by atoms with E-state index in [1.165, 1.54) is 6.92 Å². The number of hydrogen-bond donors (Lipinski definition) is 1. The third-order valence-electron chi connectivity index (χ3n) is 2.80. The van der Waals surface area contributed by atoms with E-state index in [1.54, 1.807) is 0 Å². The summed E-state index contributed by atoms with van der Waals surface area (Å²) in [5.74, 6) is -0.0356. The van der Waals surface area contributed by atoms with Crippen LogP contribution in [-0.2, 0) is 4.79 Å². The molecule has 0 aromatic heterocycles. The predicted molar refractivity (Wildman–Crippen MR) is 78.5 cm³/mol. The molecule has 0 saturated carbocycles. The number of hydrogen-bond acceptors (Lipinski definition) is 1. The molecule has 0 aliphatic rings. The standard InChI is InChI=1S/C17H17NO/c1-14(19)18-17(16-10-6-3-7-11-16)13-12-15-8-4-2-5-9-15/h2-13,17H,1H3,(H,18,19)/b13-12+. The second-order valence-electron chi connectivity index (χ2n) is 4.36. The highest BCUT2D eigenvalue weighted by atomic mass is 16.1. The van der Waals surface area contributed by atoms with Crippen LogP contribution in [0.2, 0.25) is 0 Å². The van der Waals surface area contributed by atoms with Gasteiger partial charge in [0.15, 0.2) is 0 Å². The van der Waals surface area contributed by atoms with Crippen LogP contribution in [-0.4, -0.2) is 5.91 Å². The van der Waals surface area contributed by atoms with Gasteiger partial charge in [-0.05, 0) is 11.1 Å². The summed E-state index contributed by atoms with van der Waals surface area (Å²) in [5, 5.41) is 2.94. The zero-order valence-corrected chi connectivity index (χ0v) is 10.9. The predicted octanol–water partition coefficient (Wildman–Crippen LogP) is 3.58. The molecule has 1 unspecified atom stereocenters. The summed E-state index contributed by atoms with van der Waals surface area (Å²) < 4.78 is 0. The Balaban J connectivity index is 2.19. The molecule has 2 heteroatoms. The lowest BCUT2D eigenvalue weighted by molar-refractivity contribution is -0.119. The van der Waals surface area contributed by atoms with Crippen molar-refractivity contribution in [3.63, 3.8) is 0 Å². The molecule has 0 fully saturated rings. The quantitative estimate of drug-likeness (QED) is 0.884. The Bertz CT molecular complexity index is 546. The van der Waals surface area contributed by atoms with E-state index in [4.69, 9.17) is 0 Å². The Hall–Kier alpha value is -2.35. The third kappa shape index (κ3) is 4.11. The van der Waals surface area contributed by atoms with E-state index in [0.717, 1.165) is 11.1 Å². The summed E-state index contributed by atoms with van der Waals surface area (Å²) in [6.07, 6.45) is 4.03. The maximum Gasteiger partial charge on any atom is 0.217 e. The zero-order chi connectivity index (χ0) is 13.5. The zero-order valence-electron chi connectivity index (χ0n) is 10.9. The van der Waals surface area contributed by atoms with Crippen molar-refractivity contribution in [3.8, 4) is 0 Å². The SMILES string of the molecule is CC(=O)NC(/C=C/c1ccccc1)c1ccccc1. The third-order valence-corrected chi connectivity index (χ3v) is 2.80. The highest BCUT2D eigenvalue weighted by molar-refractivity contribution is 5.74. The van der Waals surface area contributed by atoms with Gasteiger partial charge < -0.3 is 5.32 Å². The normalized spacial score (nSPS) is 12.3. The van der Waals surface area contributed by atoms with Gasteiger partial charge in [0.1, 0.15) is 0 Å². The van der Waals surface area contributed by atoms with Gasteiger partial charge in [0.25, 0.3) is 0 Å². The van der Waals surface area contributed by atoms with Crippen LogP contribution in [0.15, 0.2) is 66.7 Å². The van der Waals surface area contributed by atoms with Crippen LogP contribution in [0.3, 0.4) is 0 Å². The lowest BCUT2D eigenvalue weighted by atomic mass is 10.1. The molecule has 1 amide bonds. The Morgan fingerprint density at radius 3 is 2.16 bits per heavy atom. The molecule has 1 N–H and O–H groups in total. The van der Waals surface area contributed by atoms with Gasteiger partial charge in [0.05, 0.1) is 6.04 Å². The molecule has 96 valence electrons. The maximum atomic E-state index is 11.3. The summed E-state index contributed by atoms with van der Waals surface area (Å²) in [7, 11) is 0. The first kappa shape index (κ1) is 13.1. The second kappa shape index (κ2) is 6.55. The number of nitrogens with one attached hydrogen (secondary N) is 1. The van der Waals surface area contributed by atoms with Crippen LogP contribution in [0.4, 0.5) is 0 Å². The van der Waals surface area contributed by atoms with Gasteiger partial charge in [-0.15, -0.1) is 0 Å². The smallest absolute Gasteiger partial charge is 0.217 e. The van der Waals surface area contributed by atoms with Gasteiger partial charge in [-0.1, -0.05) is 72.8 Å². The maximum absolute atomic E-state index is 11.3. The number of benzene rings is 2. The van der Waals surface area contributed by atoms with Gasteiger partial charge in [0.2, 0.25) is 5.91 Å². The Morgan fingerprint density at radius 1 is 1.00 bits per heavy atom. The first-order chi connectivity index (χ1) is 9.25. The van der Waals surface area contributed by atoms with Gasteiger partial charge in [0, 0.05) is 6.92 Å². The van der Waals surface area contributed by atoms with E-state index < -0.39 is 0 Å². The molecule has 0 heterocycles. The molecule has 19 heavy (non-hydrogen) atoms. The molecule has 0 bridgehead atoms. The molecule has 2 aromatic carbocycles. The molecule has 0 radical (unpaired) electrons. The van der Waals surface area contributed by atoms with Crippen molar-refractivity contribution in [1.29, 1.82) is 0 Å². The minimum atomic E-state index is -0.0982. The minimum absolute atomic E-state index is 0.0356. The second-order valence-corrected chi connectivity index (χ2v) is 4.36. The molecule has 0 aliphatic carbocycles. The van der Waals surface area contributed by atoms with Crippen LogP contribution in [0.25, 0.3) is 6.08 Å². The molecule has 1 atom stereocenters. The fourth-order valence-electron chi connectivity index (χ4n) is 1.89. The van der Waals surface area contributed by atoms with E-state index >= 15 is 0 Å². The van der Waals surface area contributed by atoms with Gasteiger partial charge in [-0.2, -0.15) is 0 Å². The van der Waals surface area contributed by atoms with Crippen molar-refractivity contribution >= 4 is 12.0 Å². The highest BCUT2D eigenvalue weighted by Crippen LogP contribution is 2.15. The Kier molecular flexibility index (Phi) is 4.51. The van der Waals surface area contributed by atoms with Crippen molar-refractivity contribution in [2.45, 2.75) is 13.0 Å². The van der Waals surface area contributed by atoms with Crippen LogP contribution in [0.5, 0.6) is 0 Å². The van der Waals surface area contributed by atoms with Crippen molar-refractivity contribution in [1.82, 2.24) is 5.32 Å². The summed E-state index contributed by atoms with van der Waals surface area (Å²) in [6.45, 7) is 1.53. The molecule has 0 saturated heterocycles. The summed E-state index contributed by atoms with van der Waals surface area (Å²) in [5.41, 5.74) is 2.19. The lowest BCUT2D eigenvalue weighted by Gasteiger charge is -2.14. The molecule has 2 rings (SSSR count). The van der Waals surface area contributed by atoms with Crippen LogP contribution in [0, 0.1) is 0 Å². The first-order valence-corrected chi connectivity index (χ1v) is 6.31. The first-order valence-electron chi connectivity index (χ1n) is 6.31. The average molecular weight is 251 g/mol. The number of carbonyl (C=O) groups excluding carboxylic acids is 1. The van der Waals surface area contributed by atoms with E-state index in [0.29, 0.717) is 0 Å². The van der Waals surface area contributed by atoms with Crippen molar-refractivity contribution in [3.05, 3.63) is 77.9 Å². The van der Waals surface area contributed by atoms with Crippen LogP contribution < -0.4 is 5.32 Å². The monoisotopic (exact) mass is 251 g/mol. The Labute approximate surface area is 113 Å². The molecule has 0 spiro atoms. The van der Waals surface area contributed by atoms with Gasteiger partial charge in [-0.25, -0.2) is 0 Å². The van der Waals surface area contributed by atoms with Crippen LogP contribution >= 0.6 is 0 Å². The molecule has 2 nitrogen and oxygen atoms in total. The fourth-order valence-corrected chi connectivity index (χ4v) is 1.89. The average Bonchev–Trinajstić information content (AvgIpc) is 2.45. The fraction of sp³-hybridized carbons (Fsp3) is 0.118. The summed E-state index contributed by atoms with van der Waals surface area (Å²) >= 11 is 0. The molecular weight excluding hydrogens is 234 g/mol. The summed E-state index contributed by atoms with van der Waals surface area (Å²) in [6, 6.07) is 19.9. The number of carbonyl (C=O) groups is 1. The van der Waals surface area contributed by atoms with Gasteiger partial charge >= 0.3 is 0 Å². The topological polar surface area (TPSA) is 29.1 Å². The van der Waals surface area contributed by atoms with Gasteiger partial charge in [-0.3, -0.25) is 4.79 Å². The van der Waals surface area contributed by atoms with Crippen molar-refractivity contribution in [2.24, 2.45) is 0 Å². The minimum Gasteiger partial charge on any atom is -0.346 e. The number of amides is 1. The number of rotatable bonds is 4. The van der Waals surface area contributed by atoms with E-state index in [-0.39, 0.29) is 11.9 Å². The molecule has 0 aliphatic heterocycles. The molecular formula is C17H17NO. The largest absolute Gasteiger partial charge is 0.346 e. The van der Waals surface area contributed by atoms with Crippen molar-refractivity contribution < 1.29 is 4.79 Å². The van der Waals surface area contributed by atoms with E-state index in [1.807, 2.05) is 72.8 Å². The highest BCUT2D eigenvalue weighted by Gasteiger charge is 2.07. The molecule has 2 aromatic rings.